The number of para-hydroxylation sites is 2. The van der Waals surface area contributed by atoms with Crippen molar-refractivity contribution in [2.45, 2.75) is 0 Å². The van der Waals surface area contributed by atoms with Gasteiger partial charge < -0.3 is 10.0 Å². The zero-order valence-electron chi connectivity index (χ0n) is 19.7. The first-order valence-electron chi connectivity index (χ1n) is 11.6. The number of carbonyl (C=O) groups is 1. The molecule has 0 atom stereocenters. The van der Waals surface area contributed by atoms with Crippen LogP contribution in [0.4, 0.5) is 11.4 Å². The number of phenols is 1. The lowest BCUT2D eigenvalue weighted by molar-refractivity contribution is 0.104. The molecule has 5 aromatic carbocycles. The normalized spacial score (nSPS) is 10.7. The smallest absolute Gasteiger partial charge is 0.195 e. The van der Waals surface area contributed by atoms with Crippen LogP contribution in [0.3, 0.4) is 0 Å². The molecule has 1 N–H and O–H groups in total. The Morgan fingerprint density at radius 1 is 0.667 bits per heavy atom. The molecule has 5 aromatic rings. The van der Waals surface area contributed by atoms with Crippen LogP contribution in [-0.2, 0) is 0 Å². The third-order valence-corrected chi connectivity index (χ3v) is 6.50. The van der Waals surface area contributed by atoms with E-state index >= 15 is 0 Å². The first kappa shape index (κ1) is 23.4. The Morgan fingerprint density at radius 3 is 1.94 bits per heavy atom. The predicted molar refractivity (Wildman–Crippen MR) is 148 cm³/mol. The maximum Gasteiger partial charge on any atom is 0.195 e. The van der Waals surface area contributed by atoms with E-state index in [4.69, 9.17) is 11.6 Å². The molecule has 0 saturated carbocycles. The number of rotatable bonds is 6. The molecule has 176 valence electrons. The number of carbonyl (C=O) groups excluding carboxylic acids is 1. The van der Waals surface area contributed by atoms with Crippen molar-refractivity contribution in [1.82, 2.24) is 0 Å². The van der Waals surface area contributed by atoms with Crippen molar-refractivity contribution < 1.29 is 9.90 Å². The summed E-state index contributed by atoms with van der Waals surface area (Å²) in [6, 6.07) is 38.0. The van der Waals surface area contributed by atoms with E-state index in [2.05, 4.69) is 6.07 Å². The van der Waals surface area contributed by atoms with E-state index in [1.165, 1.54) is 0 Å². The number of benzene rings is 5. The van der Waals surface area contributed by atoms with Gasteiger partial charge in [-0.05, 0) is 58.7 Å². The molecule has 36 heavy (non-hydrogen) atoms. The van der Waals surface area contributed by atoms with Crippen LogP contribution in [0.15, 0.2) is 121 Å². The van der Waals surface area contributed by atoms with Crippen molar-refractivity contribution in [3.05, 3.63) is 137 Å². The van der Waals surface area contributed by atoms with Crippen LogP contribution >= 0.6 is 11.6 Å². The number of ketones is 1. The van der Waals surface area contributed by atoms with Gasteiger partial charge in [0.1, 0.15) is 5.75 Å². The molecule has 0 fully saturated rings. The topological polar surface area (TPSA) is 40.5 Å². The number of anilines is 2. The summed E-state index contributed by atoms with van der Waals surface area (Å²) < 4.78 is 0. The molecule has 0 aromatic heterocycles. The van der Waals surface area contributed by atoms with Gasteiger partial charge in [-0.1, -0.05) is 96.5 Å². The van der Waals surface area contributed by atoms with Gasteiger partial charge in [0, 0.05) is 17.6 Å². The molecule has 0 spiro atoms. The molecule has 4 heteroatoms. The zero-order chi connectivity index (χ0) is 25.1. The van der Waals surface area contributed by atoms with Crippen molar-refractivity contribution >= 4 is 28.8 Å². The predicted octanol–water partition coefficient (Wildman–Crippen LogP) is 8.38. The summed E-state index contributed by atoms with van der Waals surface area (Å²) in [5.74, 6) is 0.0358. The fraction of sp³-hybridized carbons (Fsp3) is 0.0312. The van der Waals surface area contributed by atoms with Gasteiger partial charge in [-0.2, -0.15) is 0 Å². The van der Waals surface area contributed by atoms with Gasteiger partial charge in [0.05, 0.1) is 16.9 Å². The summed E-state index contributed by atoms with van der Waals surface area (Å²) in [5, 5.41) is 11.3. The summed E-state index contributed by atoms with van der Waals surface area (Å²) >= 11 is 6.20. The largest absolute Gasteiger partial charge is 0.506 e. The lowest BCUT2D eigenvalue weighted by Crippen LogP contribution is -2.16. The van der Waals surface area contributed by atoms with Gasteiger partial charge in [-0.3, -0.25) is 4.79 Å². The molecular formula is C32H24ClNO2. The van der Waals surface area contributed by atoms with Gasteiger partial charge in [-0.15, -0.1) is 0 Å². The minimum Gasteiger partial charge on any atom is -0.506 e. The van der Waals surface area contributed by atoms with Gasteiger partial charge in [-0.25, -0.2) is 0 Å². The second kappa shape index (κ2) is 10.1. The van der Waals surface area contributed by atoms with E-state index in [-0.39, 0.29) is 11.5 Å². The van der Waals surface area contributed by atoms with Crippen molar-refractivity contribution in [1.29, 1.82) is 0 Å². The number of phenolic OH excluding ortho intramolecular Hbond substituents is 1. The molecule has 0 unspecified atom stereocenters. The Balaban J connectivity index is 1.84. The summed E-state index contributed by atoms with van der Waals surface area (Å²) in [6.45, 7) is 0. The molecule has 0 amide bonds. The number of aromatic hydroxyl groups is 1. The van der Waals surface area contributed by atoms with E-state index < -0.39 is 0 Å². The SMILES string of the molecule is CN(c1ccccc1O)c1cc(-c2ccccc2)cc(-c2ccc(Cl)cc2)c1C(=O)c1ccccc1. The van der Waals surface area contributed by atoms with Crippen LogP contribution < -0.4 is 4.90 Å². The van der Waals surface area contributed by atoms with Crippen LogP contribution in [0, 0.1) is 0 Å². The molecular weight excluding hydrogens is 466 g/mol. The van der Waals surface area contributed by atoms with Crippen LogP contribution in [0.25, 0.3) is 22.3 Å². The second-order valence-electron chi connectivity index (χ2n) is 8.53. The maximum atomic E-state index is 14.1. The lowest BCUT2D eigenvalue weighted by atomic mass is 9.88. The van der Waals surface area contributed by atoms with E-state index in [0.29, 0.717) is 27.5 Å². The van der Waals surface area contributed by atoms with Crippen molar-refractivity contribution in [3.8, 4) is 28.0 Å². The van der Waals surface area contributed by atoms with Crippen LogP contribution in [0.5, 0.6) is 5.75 Å². The van der Waals surface area contributed by atoms with E-state index in [0.717, 1.165) is 22.3 Å². The Hall–Kier alpha value is -4.34. The molecule has 0 radical (unpaired) electrons. The molecule has 0 saturated heterocycles. The summed E-state index contributed by atoms with van der Waals surface area (Å²) in [7, 11) is 1.87. The highest BCUT2D eigenvalue weighted by Crippen LogP contribution is 2.42. The molecule has 3 nitrogen and oxygen atoms in total. The third-order valence-electron chi connectivity index (χ3n) is 6.25. The molecule has 0 aliphatic carbocycles. The lowest BCUT2D eigenvalue weighted by Gasteiger charge is -2.26. The average Bonchev–Trinajstić information content (AvgIpc) is 2.93. The Labute approximate surface area is 215 Å². The second-order valence-corrected chi connectivity index (χ2v) is 8.97. The molecule has 0 heterocycles. The standard InChI is InChI=1S/C32H24ClNO2/c1-34(28-14-8-9-15-30(28)35)29-21-25(22-10-4-2-5-11-22)20-27(23-16-18-26(33)19-17-23)31(29)32(36)24-12-6-3-7-13-24/h2-21,35H,1H3. The first-order valence-corrected chi connectivity index (χ1v) is 12.0. The van der Waals surface area contributed by atoms with Gasteiger partial charge in [0.2, 0.25) is 0 Å². The van der Waals surface area contributed by atoms with Crippen molar-refractivity contribution in [2.24, 2.45) is 0 Å². The monoisotopic (exact) mass is 489 g/mol. The molecule has 5 rings (SSSR count). The summed E-state index contributed by atoms with van der Waals surface area (Å²) in [4.78, 5) is 16.0. The molecule has 0 aliphatic rings. The zero-order valence-corrected chi connectivity index (χ0v) is 20.5. The first-order chi connectivity index (χ1) is 17.5. The van der Waals surface area contributed by atoms with E-state index in [1.807, 2.05) is 115 Å². The minimum absolute atomic E-state index is 0.0996. The van der Waals surface area contributed by atoms with Crippen LogP contribution in [0.1, 0.15) is 15.9 Å². The van der Waals surface area contributed by atoms with Crippen LogP contribution in [0.2, 0.25) is 5.02 Å². The molecule has 0 aliphatic heterocycles. The van der Waals surface area contributed by atoms with Gasteiger partial charge in [0.15, 0.2) is 5.78 Å². The molecule has 0 bridgehead atoms. The van der Waals surface area contributed by atoms with Gasteiger partial charge >= 0.3 is 0 Å². The van der Waals surface area contributed by atoms with E-state index in [1.54, 1.807) is 12.1 Å². The van der Waals surface area contributed by atoms with E-state index in [9.17, 15) is 9.90 Å². The fourth-order valence-corrected chi connectivity index (χ4v) is 4.52. The maximum absolute atomic E-state index is 14.1. The van der Waals surface area contributed by atoms with Gasteiger partial charge in [0.25, 0.3) is 0 Å². The highest BCUT2D eigenvalue weighted by molar-refractivity contribution is 6.30. The Morgan fingerprint density at radius 2 is 1.28 bits per heavy atom. The minimum atomic E-state index is -0.0996. The fourth-order valence-electron chi connectivity index (χ4n) is 4.40. The average molecular weight is 490 g/mol. The highest BCUT2D eigenvalue weighted by atomic mass is 35.5. The Bertz CT molecular complexity index is 1510. The van der Waals surface area contributed by atoms with Crippen molar-refractivity contribution in [2.75, 3.05) is 11.9 Å². The Kier molecular flexibility index (Phi) is 6.57. The third kappa shape index (κ3) is 4.61. The number of hydrogen-bond acceptors (Lipinski definition) is 3. The highest BCUT2D eigenvalue weighted by Gasteiger charge is 2.24. The van der Waals surface area contributed by atoms with Crippen molar-refractivity contribution in [3.63, 3.8) is 0 Å². The number of halogens is 1. The summed E-state index contributed by atoms with van der Waals surface area (Å²) in [5.41, 5.74) is 6.09. The number of hydrogen-bond donors (Lipinski definition) is 1. The quantitative estimate of drug-likeness (QED) is 0.243. The summed E-state index contributed by atoms with van der Waals surface area (Å²) in [6.07, 6.45) is 0. The number of nitrogens with zero attached hydrogens (tertiary/aromatic N) is 1. The van der Waals surface area contributed by atoms with Crippen LogP contribution in [-0.4, -0.2) is 17.9 Å².